The molecule has 1 N–H and O–H groups in total. The third-order valence-electron chi connectivity index (χ3n) is 4.84. The molecule has 2 aliphatic rings. The molecule has 0 aromatic carbocycles. The molecule has 27 heavy (non-hydrogen) atoms. The Labute approximate surface area is 161 Å². The number of hydrogen-bond acceptors (Lipinski definition) is 7. The van der Waals surface area contributed by atoms with Gasteiger partial charge in [-0.1, -0.05) is 11.6 Å². The lowest BCUT2D eigenvalue weighted by atomic mass is 10.1. The van der Waals surface area contributed by atoms with Crippen molar-refractivity contribution in [1.29, 1.82) is 0 Å². The summed E-state index contributed by atoms with van der Waals surface area (Å²) in [4.78, 5) is 23.2. The number of rotatable bonds is 3. The van der Waals surface area contributed by atoms with Crippen LogP contribution in [0.4, 0.5) is 5.82 Å². The van der Waals surface area contributed by atoms with Crippen LogP contribution in [0.1, 0.15) is 33.9 Å². The van der Waals surface area contributed by atoms with Gasteiger partial charge in [-0.15, -0.1) is 0 Å². The Morgan fingerprint density at radius 1 is 1.33 bits per heavy atom. The zero-order chi connectivity index (χ0) is 19.0. The highest BCUT2D eigenvalue weighted by atomic mass is 35.5. The highest BCUT2D eigenvalue weighted by Gasteiger charge is 2.28. The summed E-state index contributed by atoms with van der Waals surface area (Å²) in [5, 5.41) is 7.36. The zero-order valence-corrected chi connectivity index (χ0v) is 16.0. The zero-order valence-electron chi connectivity index (χ0n) is 15.3. The first-order valence-electron chi connectivity index (χ1n) is 8.86. The summed E-state index contributed by atoms with van der Waals surface area (Å²) < 4.78 is 12.7. The van der Waals surface area contributed by atoms with E-state index >= 15 is 0 Å². The van der Waals surface area contributed by atoms with Crippen LogP contribution < -0.4 is 15.0 Å². The maximum atomic E-state index is 12.0. The Bertz CT molecular complexity index is 884. The molecule has 2 aromatic heterocycles. The van der Waals surface area contributed by atoms with E-state index in [1.54, 1.807) is 14.2 Å². The van der Waals surface area contributed by atoms with Gasteiger partial charge in [0.2, 0.25) is 0 Å². The van der Waals surface area contributed by atoms with Crippen LogP contribution in [0, 0.1) is 0 Å². The lowest BCUT2D eigenvalue weighted by molar-refractivity contribution is 0.0957. The molecule has 4 rings (SSSR count). The van der Waals surface area contributed by atoms with Gasteiger partial charge in [0, 0.05) is 32.1 Å². The highest BCUT2D eigenvalue weighted by Crippen LogP contribution is 2.32. The average Bonchev–Trinajstić information content (AvgIpc) is 2.88. The number of hydrogen-bond donors (Lipinski definition) is 1. The molecule has 4 heterocycles. The van der Waals surface area contributed by atoms with Gasteiger partial charge in [0.1, 0.15) is 5.82 Å². The number of aromatic nitrogens is 4. The molecule has 0 bridgehead atoms. The van der Waals surface area contributed by atoms with E-state index in [2.05, 4.69) is 25.3 Å². The van der Waals surface area contributed by atoms with E-state index in [1.807, 2.05) is 4.68 Å². The van der Waals surface area contributed by atoms with E-state index in [4.69, 9.17) is 21.1 Å². The Kier molecular flexibility index (Phi) is 4.88. The largest absolute Gasteiger partial charge is 0.467 e. The van der Waals surface area contributed by atoms with Crippen molar-refractivity contribution in [2.75, 3.05) is 32.2 Å². The van der Waals surface area contributed by atoms with Crippen molar-refractivity contribution in [1.82, 2.24) is 25.1 Å². The average molecular weight is 393 g/mol. The molecule has 10 heteroatoms. The minimum absolute atomic E-state index is 0.252. The third kappa shape index (κ3) is 3.21. The van der Waals surface area contributed by atoms with Gasteiger partial charge in [-0.05, 0) is 6.42 Å². The summed E-state index contributed by atoms with van der Waals surface area (Å²) in [5.41, 5.74) is 2.99. The SMILES string of the molecule is CNC(=O)c1nn2c(c1Cl)CN(c1nc(OC)nc3c1COCC3)CCC2. The van der Waals surface area contributed by atoms with E-state index in [-0.39, 0.29) is 11.6 Å². The summed E-state index contributed by atoms with van der Waals surface area (Å²) >= 11 is 6.49. The van der Waals surface area contributed by atoms with Crippen LogP contribution in [0.3, 0.4) is 0 Å². The van der Waals surface area contributed by atoms with E-state index in [0.29, 0.717) is 37.3 Å². The quantitative estimate of drug-likeness (QED) is 0.837. The van der Waals surface area contributed by atoms with Gasteiger partial charge in [0.05, 0.1) is 43.3 Å². The second kappa shape index (κ2) is 7.32. The minimum Gasteiger partial charge on any atom is -0.467 e. The Morgan fingerprint density at radius 2 is 2.19 bits per heavy atom. The Balaban J connectivity index is 1.74. The van der Waals surface area contributed by atoms with Crippen LogP contribution in [-0.2, 0) is 30.9 Å². The van der Waals surface area contributed by atoms with Crippen molar-refractivity contribution in [3.05, 3.63) is 27.7 Å². The standard InChI is InChI=1S/C17H21ClN6O3/c1-19-16(25)14-13(18)12-8-23(5-3-6-24(12)22-14)15-10-9-27-7-4-11(10)20-17(21-15)26-2/h3-9H2,1-2H3,(H,19,25). The van der Waals surface area contributed by atoms with Gasteiger partial charge < -0.3 is 19.7 Å². The molecule has 0 unspecified atom stereocenters. The number of nitrogens with zero attached hydrogens (tertiary/aromatic N) is 5. The maximum absolute atomic E-state index is 12.0. The first-order chi connectivity index (χ1) is 13.1. The van der Waals surface area contributed by atoms with Crippen molar-refractivity contribution >= 4 is 23.3 Å². The number of halogens is 1. The Morgan fingerprint density at radius 3 is 2.96 bits per heavy atom. The number of aryl methyl sites for hydroxylation is 1. The summed E-state index contributed by atoms with van der Waals surface area (Å²) in [6, 6.07) is 0.348. The number of carbonyl (C=O) groups is 1. The molecule has 144 valence electrons. The van der Waals surface area contributed by atoms with E-state index in [9.17, 15) is 4.79 Å². The molecule has 0 fully saturated rings. The topological polar surface area (TPSA) is 94.4 Å². The first-order valence-corrected chi connectivity index (χ1v) is 9.24. The molecular weight excluding hydrogens is 372 g/mol. The van der Waals surface area contributed by atoms with Gasteiger partial charge in [-0.2, -0.15) is 15.1 Å². The second-order valence-electron chi connectivity index (χ2n) is 6.45. The van der Waals surface area contributed by atoms with Gasteiger partial charge in [-0.25, -0.2) is 0 Å². The lowest BCUT2D eigenvalue weighted by Crippen LogP contribution is -2.28. The van der Waals surface area contributed by atoms with Crippen LogP contribution in [0.5, 0.6) is 6.01 Å². The smallest absolute Gasteiger partial charge is 0.318 e. The number of nitrogens with one attached hydrogen (secondary N) is 1. The fraction of sp³-hybridized carbons (Fsp3) is 0.529. The van der Waals surface area contributed by atoms with Crippen LogP contribution in [-0.4, -0.2) is 53.0 Å². The van der Waals surface area contributed by atoms with Crippen LogP contribution in [0.25, 0.3) is 0 Å². The fourth-order valence-corrected chi connectivity index (χ4v) is 3.75. The van der Waals surface area contributed by atoms with Gasteiger partial charge >= 0.3 is 6.01 Å². The summed E-state index contributed by atoms with van der Waals surface area (Å²) in [6.07, 6.45) is 1.58. The van der Waals surface area contributed by atoms with E-state index < -0.39 is 0 Å². The molecule has 0 aliphatic carbocycles. The van der Waals surface area contributed by atoms with Crippen molar-refractivity contribution in [2.24, 2.45) is 0 Å². The summed E-state index contributed by atoms with van der Waals surface area (Å²) in [6.45, 7) is 3.07. The van der Waals surface area contributed by atoms with E-state index in [0.717, 1.165) is 42.2 Å². The van der Waals surface area contributed by atoms with Gasteiger partial charge in [0.25, 0.3) is 5.91 Å². The molecule has 0 atom stereocenters. The molecule has 2 aliphatic heterocycles. The predicted molar refractivity (Wildman–Crippen MR) is 98.2 cm³/mol. The second-order valence-corrected chi connectivity index (χ2v) is 6.83. The molecular formula is C17H21ClN6O3. The van der Waals surface area contributed by atoms with Crippen molar-refractivity contribution in [3.8, 4) is 6.01 Å². The van der Waals surface area contributed by atoms with Crippen LogP contribution >= 0.6 is 11.6 Å². The molecule has 2 aromatic rings. The Hall–Kier alpha value is -2.39. The third-order valence-corrected chi connectivity index (χ3v) is 5.23. The van der Waals surface area contributed by atoms with Gasteiger partial charge in [-0.3, -0.25) is 9.48 Å². The monoisotopic (exact) mass is 392 g/mol. The number of fused-ring (bicyclic) bond motifs is 2. The first kappa shape index (κ1) is 18.0. The van der Waals surface area contributed by atoms with Gasteiger partial charge in [0.15, 0.2) is 5.69 Å². The number of anilines is 1. The van der Waals surface area contributed by atoms with Crippen LogP contribution in [0.2, 0.25) is 5.02 Å². The fourth-order valence-electron chi connectivity index (χ4n) is 3.47. The molecule has 0 saturated heterocycles. The summed E-state index contributed by atoms with van der Waals surface area (Å²) in [7, 11) is 3.13. The molecule has 0 spiro atoms. The highest BCUT2D eigenvalue weighted by molar-refractivity contribution is 6.34. The van der Waals surface area contributed by atoms with E-state index in [1.165, 1.54) is 0 Å². The predicted octanol–water partition coefficient (Wildman–Crippen LogP) is 1.18. The minimum atomic E-state index is -0.290. The van der Waals surface area contributed by atoms with Crippen molar-refractivity contribution < 1.29 is 14.3 Å². The number of ether oxygens (including phenoxy) is 2. The normalized spacial score (nSPS) is 16.3. The molecule has 0 radical (unpaired) electrons. The number of amides is 1. The number of carbonyl (C=O) groups excluding carboxylic acids is 1. The van der Waals surface area contributed by atoms with Crippen molar-refractivity contribution in [3.63, 3.8) is 0 Å². The maximum Gasteiger partial charge on any atom is 0.318 e. The van der Waals surface area contributed by atoms with Crippen molar-refractivity contribution in [2.45, 2.75) is 32.5 Å². The molecule has 9 nitrogen and oxygen atoms in total. The lowest BCUT2D eigenvalue weighted by Gasteiger charge is -2.27. The molecule has 1 amide bonds. The summed E-state index contributed by atoms with van der Waals surface area (Å²) in [5.74, 6) is 0.505. The number of methoxy groups -OCH3 is 1. The molecule has 0 saturated carbocycles. The van der Waals surface area contributed by atoms with Crippen LogP contribution in [0.15, 0.2) is 0 Å².